The van der Waals surface area contributed by atoms with Crippen LogP contribution in [-0.2, 0) is 6.42 Å². The second-order valence-corrected chi connectivity index (χ2v) is 4.75. The van der Waals surface area contributed by atoms with Gasteiger partial charge in [-0.25, -0.2) is 0 Å². The number of unbranched alkanes of at least 4 members (excludes halogenated alkanes) is 1. The molecule has 0 bridgehead atoms. The van der Waals surface area contributed by atoms with Gasteiger partial charge in [0.15, 0.2) is 0 Å². The summed E-state index contributed by atoms with van der Waals surface area (Å²) >= 11 is 6.98. The highest BCUT2D eigenvalue weighted by atomic mass is 79.9. The van der Waals surface area contributed by atoms with Crippen molar-refractivity contribution in [3.05, 3.63) is 28.2 Å². The third-order valence-corrected chi connectivity index (χ3v) is 3.42. The van der Waals surface area contributed by atoms with Crippen LogP contribution in [0.3, 0.4) is 0 Å². The van der Waals surface area contributed by atoms with E-state index >= 15 is 0 Å². The Morgan fingerprint density at radius 2 is 2.07 bits per heavy atom. The van der Waals surface area contributed by atoms with Crippen LogP contribution in [0.15, 0.2) is 22.7 Å². The molecular formula is C11H14Br2O. The van der Waals surface area contributed by atoms with Gasteiger partial charge in [0, 0.05) is 9.80 Å². The van der Waals surface area contributed by atoms with Gasteiger partial charge in [-0.2, -0.15) is 0 Å². The van der Waals surface area contributed by atoms with E-state index in [2.05, 4.69) is 37.9 Å². The fourth-order valence-electron chi connectivity index (χ4n) is 1.28. The van der Waals surface area contributed by atoms with Crippen LogP contribution in [0.2, 0.25) is 0 Å². The number of ether oxygens (including phenoxy) is 1. The molecule has 0 atom stereocenters. The van der Waals surface area contributed by atoms with E-state index in [1.54, 1.807) is 7.11 Å². The van der Waals surface area contributed by atoms with E-state index in [1.165, 1.54) is 22.9 Å². The predicted octanol–water partition coefficient (Wildman–Crippen LogP) is 4.18. The standard InChI is InChI=1S/C11H14Br2O/c1-14-10-5-6-11(13)9(8-10)4-2-3-7-12/h5-6,8H,2-4,7H2,1H3. The Morgan fingerprint density at radius 1 is 1.29 bits per heavy atom. The maximum atomic E-state index is 5.19. The van der Waals surface area contributed by atoms with Gasteiger partial charge in [-0.1, -0.05) is 31.9 Å². The summed E-state index contributed by atoms with van der Waals surface area (Å²) in [6.07, 6.45) is 3.52. The first-order valence-corrected chi connectivity index (χ1v) is 6.57. The van der Waals surface area contributed by atoms with Crippen molar-refractivity contribution in [3.63, 3.8) is 0 Å². The van der Waals surface area contributed by atoms with Crippen LogP contribution in [0.5, 0.6) is 5.75 Å². The Labute approximate surface area is 102 Å². The highest BCUT2D eigenvalue weighted by molar-refractivity contribution is 9.10. The van der Waals surface area contributed by atoms with E-state index in [-0.39, 0.29) is 0 Å². The third kappa shape index (κ3) is 3.62. The quantitative estimate of drug-likeness (QED) is 0.584. The molecule has 0 heterocycles. The van der Waals surface area contributed by atoms with Crippen LogP contribution in [0, 0.1) is 0 Å². The SMILES string of the molecule is COc1ccc(Br)c(CCCCBr)c1. The summed E-state index contributed by atoms with van der Waals surface area (Å²) in [6.45, 7) is 0. The highest BCUT2D eigenvalue weighted by Crippen LogP contribution is 2.23. The van der Waals surface area contributed by atoms with Gasteiger partial charge < -0.3 is 4.74 Å². The molecule has 0 radical (unpaired) electrons. The van der Waals surface area contributed by atoms with E-state index in [4.69, 9.17) is 4.74 Å². The lowest BCUT2D eigenvalue weighted by molar-refractivity contribution is 0.414. The molecule has 0 spiro atoms. The smallest absolute Gasteiger partial charge is 0.119 e. The number of rotatable bonds is 5. The topological polar surface area (TPSA) is 9.23 Å². The van der Waals surface area contributed by atoms with Gasteiger partial charge in [0.25, 0.3) is 0 Å². The van der Waals surface area contributed by atoms with Crippen LogP contribution in [0.1, 0.15) is 18.4 Å². The van der Waals surface area contributed by atoms with Crippen molar-refractivity contribution in [1.29, 1.82) is 0 Å². The molecule has 0 saturated carbocycles. The molecule has 0 amide bonds. The zero-order valence-electron chi connectivity index (χ0n) is 8.22. The molecule has 1 aromatic carbocycles. The van der Waals surface area contributed by atoms with Gasteiger partial charge in [-0.3, -0.25) is 0 Å². The fourth-order valence-corrected chi connectivity index (χ4v) is 2.12. The first kappa shape index (κ1) is 12.1. The summed E-state index contributed by atoms with van der Waals surface area (Å²) in [5, 5.41) is 1.08. The minimum atomic E-state index is 0.932. The van der Waals surface area contributed by atoms with Gasteiger partial charge in [0.2, 0.25) is 0 Å². The number of halogens is 2. The summed E-state index contributed by atoms with van der Waals surface area (Å²) in [6, 6.07) is 6.11. The Morgan fingerprint density at radius 3 is 2.71 bits per heavy atom. The lowest BCUT2D eigenvalue weighted by Gasteiger charge is -2.06. The van der Waals surface area contributed by atoms with Gasteiger partial charge in [-0.15, -0.1) is 0 Å². The van der Waals surface area contributed by atoms with Crippen molar-refractivity contribution in [2.75, 3.05) is 12.4 Å². The molecule has 0 N–H and O–H groups in total. The molecule has 0 aliphatic carbocycles. The van der Waals surface area contributed by atoms with E-state index in [9.17, 15) is 0 Å². The molecule has 1 aromatic rings. The van der Waals surface area contributed by atoms with Crippen molar-refractivity contribution < 1.29 is 4.74 Å². The van der Waals surface area contributed by atoms with Crippen LogP contribution in [-0.4, -0.2) is 12.4 Å². The molecule has 0 aliphatic heterocycles. The Kier molecular flexibility index (Phi) is 5.56. The van der Waals surface area contributed by atoms with Crippen LogP contribution >= 0.6 is 31.9 Å². The lowest BCUT2D eigenvalue weighted by atomic mass is 10.1. The first-order valence-electron chi connectivity index (χ1n) is 4.66. The van der Waals surface area contributed by atoms with Gasteiger partial charge in [-0.05, 0) is 43.0 Å². The van der Waals surface area contributed by atoms with Gasteiger partial charge in [0.05, 0.1) is 7.11 Å². The Balaban J connectivity index is 2.64. The van der Waals surface area contributed by atoms with E-state index in [1.807, 2.05) is 12.1 Å². The molecule has 0 aromatic heterocycles. The average Bonchev–Trinajstić information content (AvgIpc) is 2.21. The number of alkyl halides is 1. The van der Waals surface area contributed by atoms with Crippen LogP contribution in [0.25, 0.3) is 0 Å². The van der Waals surface area contributed by atoms with Gasteiger partial charge >= 0.3 is 0 Å². The zero-order valence-corrected chi connectivity index (χ0v) is 11.4. The number of benzene rings is 1. The number of hydrogen-bond donors (Lipinski definition) is 0. The second kappa shape index (κ2) is 6.46. The largest absolute Gasteiger partial charge is 0.497 e. The zero-order chi connectivity index (χ0) is 10.4. The van der Waals surface area contributed by atoms with Crippen molar-refractivity contribution in [1.82, 2.24) is 0 Å². The third-order valence-electron chi connectivity index (χ3n) is 2.08. The minimum absolute atomic E-state index is 0.932. The molecule has 0 unspecified atom stereocenters. The molecule has 1 rings (SSSR count). The second-order valence-electron chi connectivity index (χ2n) is 3.10. The highest BCUT2D eigenvalue weighted by Gasteiger charge is 2.01. The maximum absolute atomic E-state index is 5.19. The fraction of sp³-hybridized carbons (Fsp3) is 0.455. The number of methoxy groups -OCH3 is 1. The van der Waals surface area contributed by atoms with Crippen LogP contribution in [0.4, 0.5) is 0 Å². The van der Waals surface area contributed by atoms with Crippen molar-refractivity contribution in [2.45, 2.75) is 19.3 Å². The molecule has 0 fully saturated rings. The monoisotopic (exact) mass is 320 g/mol. The Bertz CT molecular complexity index is 287. The van der Waals surface area contributed by atoms with E-state index in [0.717, 1.165) is 17.5 Å². The molecule has 0 aliphatic rings. The van der Waals surface area contributed by atoms with Crippen molar-refractivity contribution >= 4 is 31.9 Å². The normalized spacial score (nSPS) is 10.2. The molecule has 78 valence electrons. The summed E-state index contributed by atoms with van der Waals surface area (Å²) < 4.78 is 6.36. The van der Waals surface area contributed by atoms with Crippen LogP contribution < -0.4 is 4.74 Å². The molecule has 1 nitrogen and oxygen atoms in total. The summed E-state index contributed by atoms with van der Waals surface area (Å²) in [7, 11) is 1.70. The molecule has 0 saturated heterocycles. The number of hydrogen-bond acceptors (Lipinski definition) is 1. The average molecular weight is 322 g/mol. The Hall–Kier alpha value is -0.0200. The van der Waals surface area contributed by atoms with Crippen molar-refractivity contribution in [2.24, 2.45) is 0 Å². The maximum Gasteiger partial charge on any atom is 0.119 e. The minimum Gasteiger partial charge on any atom is -0.497 e. The summed E-state index contributed by atoms with van der Waals surface area (Å²) in [5.41, 5.74) is 1.32. The van der Waals surface area contributed by atoms with Gasteiger partial charge in [0.1, 0.15) is 5.75 Å². The number of aryl methyl sites for hydroxylation is 1. The summed E-state index contributed by atoms with van der Waals surface area (Å²) in [5.74, 6) is 0.932. The van der Waals surface area contributed by atoms with Crippen molar-refractivity contribution in [3.8, 4) is 5.75 Å². The predicted molar refractivity (Wildman–Crippen MR) is 67.4 cm³/mol. The molecule has 14 heavy (non-hydrogen) atoms. The molecule has 3 heteroatoms. The molecular weight excluding hydrogens is 308 g/mol. The van der Waals surface area contributed by atoms with E-state index in [0.29, 0.717) is 0 Å². The first-order chi connectivity index (χ1) is 6.77. The lowest BCUT2D eigenvalue weighted by Crippen LogP contribution is -1.90. The summed E-state index contributed by atoms with van der Waals surface area (Å²) in [4.78, 5) is 0. The van der Waals surface area contributed by atoms with E-state index < -0.39 is 0 Å².